The highest BCUT2D eigenvalue weighted by atomic mass is 16.5. The Hall–Kier alpha value is -1.63. The van der Waals surface area contributed by atoms with E-state index in [2.05, 4.69) is 24.1 Å². The highest BCUT2D eigenvalue weighted by molar-refractivity contribution is 6.08. The number of nitrogens with one attached hydrogen (secondary N) is 1. The van der Waals surface area contributed by atoms with Gasteiger partial charge in [0.1, 0.15) is 12.1 Å². The molecule has 3 amide bonds. The minimum Gasteiger partial charge on any atom is -0.464 e. The van der Waals surface area contributed by atoms with Crippen molar-refractivity contribution in [3.05, 3.63) is 0 Å². The Bertz CT molecular complexity index is 510. The molecule has 7 nitrogen and oxygen atoms in total. The second-order valence-electron chi connectivity index (χ2n) is 8.00. The van der Waals surface area contributed by atoms with Gasteiger partial charge in [0, 0.05) is 19.6 Å². The van der Waals surface area contributed by atoms with E-state index in [9.17, 15) is 14.4 Å². The van der Waals surface area contributed by atoms with Crippen molar-refractivity contribution < 1.29 is 19.1 Å². The Morgan fingerprint density at radius 3 is 2.36 bits per heavy atom. The first-order chi connectivity index (χ1) is 11.7. The maximum absolute atomic E-state index is 12.8. The smallest absolute Gasteiger partial charge is 0.326 e. The average molecular weight is 353 g/mol. The van der Waals surface area contributed by atoms with Crippen molar-refractivity contribution in [2.75, 3.05) is 32.8 Å². The summed E-state index contributed by atoms with van der Waals surface area (Å²) in [6.45, 7) is 11.0. The molecule has 0 atom stereocenters. The lowest BCUT2D eigenvalue weighted by molar-refractivity contribution is -0.148. The van der Waals surface area contributed by atoms with Gasteiger partial charge < -0.3 is 15.0 Å². The SMILES string of the molecule is CC(C)CCOC(=O)CN1C(=O)NC2(CCN(CC(C)C)CC2)C1=O. The van der Waals surface area contributed by atoms with Crippen molar-refractivity contribution in [1.29, 1.82) is 0 Å². The van der Waals surface area contributed by atoms with Gasteiger partial charge in [-0.3, -0.25) is 14.5 Å². The van der Waals surface area contributed by atoms with Gasteiger partial charge in [-0.15, -0.1) is 0 Å². The zero-order valence-electron chi connectivity index (χ0n) is 15.8. The molecule has 1 N–H and O–H groups in total. The number of urea groups is 1. The zero-order chi connectivity index (χ0) is 18.6. The number of carbonyl (C=O) groups is 3. The Balaban J connectivity index is 1.88. The molecule has 0 bridgehead atoms. The van der Waals surface area contributed by atoms with Crippen LogP contribution in [0.5, 0.6) is 0 Å². The molecule has 2 heterocycles. The maximum atomic E-state index is 12.8. The summed E-state index contributed by atoms with van der Waals surface area (Å²) >= 11 is 0. The number of nitrogens with zero attached hydrogens (tertiary/aromatic N) is 2. The van der Waals surface area contributed by atoms with Crippen molar-refractivity contribution in [3.63, 3.8) is 0 Å². The zero-order valence-corrected chi connectivity index (χ0v) is 15.8. The first-order valence-electron chi connectivity index (χ1n) is 9.25. The number of piperidine rings is 1. The average Bonchev–Trinajstić information content (AvgIpc) is 2.73. The molecular weight excluding hydrogens is 322 g/mol. The van der Waals surface area contributed by atoms with Crippen molar-refractivity contribution in [2.45, 2.75) is 52.5 Å². The normalized spacial score (nSPS) is 20.6. The predicted octanol–water partition coefficient (Wildman–Crippen LogP) is 1.62. The molecule has 2 fully saturated rings. The maximum Gasteiger partial charge on any atom is 0.326 e. The first kappa shape index (κ1) is 19.7. The highest BCUT2D eigenvalue weighted by Gasteiger charge is 2.52. The van der Waals surface area contributed by atoms with Gasteiger partial charge in [-0.2, -0.15) is 0 Å². The van der Waals surface area contributed by atoms with Gasteiger partial charge in [-0.1, -0.05) is 27.7 Å². The third-order valence-electron chi connectivity index (χ3n) is 4.82. The number of carbonyl (C=O) groups excluding carboxylic acids is 3. The molecule has 7 heteroatoms. The van der Waals surface area contributed by atoms with Gasteiger partial charge >= 0.3 is 12.0 Å². The molecule has 0 saturated carbocycles. The van der Waals surface area contributed by atoms with Crippen LogP contribution in [0.4, 0.5) is 4.79 Å². The van der Waals surface area contributed by atoms with Crippen LogP contribution < -0.4 is 5.32 Å². The molecule has 0 radical (unpaired) electrons. The topological polar surface area (TPSA) is 79.0 Å². The summed E-state index contributed by atoms with van der Waals surface area (Å²) < 4.78 is 5.13. The molecule has 2 aliphatic rings. The monoisotopic (exact) mass is 353 g/mol. The van der Waals surface area contributed by atoms with Crippen LogP contribution in [0.2, 0.25) is 0 Å². The van der Waals surface area contributed by atoms with E-state index in [4.69, 9.17) is 4.74 Å². The van der Waals surface area contributed by atoms with E-state index >= 15 is 0 Å². The molecule has 142 valence electrons. The van der Waals surface area contributed by atoms with Gasteiger partial charge in [0.05, 0.1) is 6.61 Å². The van der Waals surface area contributed by atoms with Crippen LogP contribution in [0.25, 0.3) is 0 Å². The molecule has 0 aliphatic carbocycles. The highest BCUT2D eigenvalue weighted by Crippen LogP contribution is 2.29. The van der Waals surface area contributed by atoms with Crippen molar-refractivity contribution in [1.82, 2.24) is 15.1 Å². The van der Waals surface area contributed by atoms with Crippen LogP contribution >= 0.6 is 0 Å². The number of esters is 1. The molecular formula is C18H31N3O4. The summed E-state index contributed by atoms with van der Waals surface area (Å²) in [4.78, 5) is 40.2. The number of hydrogen-bond donors (Lipinski definition) is 1. The van der Waals surface area contributed by atoms with Crippen molar-refractivity contribution >= 4 is 17.9 Å². The van der Waals surface area contributed by atoms with Gasteiger partial charge in [-0.05, 0) is 31.1 Å². The quantitative estimate of drug-likeness (QED) is 0.556. The van der Waals surface area contributed by atoms with Gasteiger partial charge in [0.15, 0.2) is 0 Å². The van der Waals surface area contributed by atoms with E-state index in [0.29, 0.717) is 31.3 Å². The van der Waals surface area contributed by atoms with E-state index < -0.39 is 17.5 Å². The third-order valence-corrected chi connectivity index (χ3v) is 4.82. The lowest BCUT2D eigenvalue weighted by Gasteiger charge is -2.37. The fourth-order valence-electron chi connectivity index (χ4n) is 3.38. The molecule has 0 unspecified atom stereocenters. The second-order valence-corrected chi connectivity index (χ2v) is 8.00. The molecule has 0 aromatic heterocycles. The number of imide groups is 1. The van der Waals surface area contributed by atoms with Gasteiger partial charge in [0.25, 0.3) is 5.91 Å². The standard InChI is InChI=1S/C18H31N3O4/c1-13(2)5-10-25-15(22)12-21-16(23)18(19-17(21)24)6-8-20(9-7-18)11-14(3)4/h13-14H,5-12H2,1-4H3,(H,19,24). The van der Waals surface area contributed by atoms with E-state index in [1.165, 1.54) is 0 Å². The third kappa shape index (κ3) is 4.93. The van der Waals surface area contributed by atoms with Crippen molar-refractivity contribution in [3.8, 4) is 0 Å². The van der Waals surface area contributed by atoms with E-state index in [1.807, 2.05) is 13.8 Å². The number of hydrogen-bond acceptors (Lipinski definition) is 5. The minimum absolute atomic E-state index is 0.289. The second kappa shape index (κ2) is 8.17. The molecule has 0 aromatic rings. The lowest BCUT2D eigenvalue weighted by atomic mass is 9.87. The van der Waals surface area contributed by atoms with E-state index in [1.54, 1.807) is 0 Å². The Labute approximate surface area is 150 Å². The molecule has 2 aliphatic heterocycles. The number of likely N-dealkylation sites (tertiary alicyclic amines) is 1. The number of ether oxygens (including phenoxy) is 1. The molecule has 2 saturated heterocycles. The fraction of sp³-hybridized carbons (Fsp3) is 0.833. The van der Waals surface area contributed by atoms with E-state index in [0.717, 1.165) is 31.0 Å². The molecule has 25 heavy (non-hydrogen) atoms. The molecule has 1 spiro atoms. The van der Waals surface area contributed by atoms with E-state index in [-0.39, 0.29) is 12.5 Å². The van der Waals surface area contributed by atoms with Crippen LogP contribution in [-0.4, -0.2) is 66.0 Å². The minimum atomic E-state index is -0.844. The first-order valence-corrected chi connectivity index (χ1v) is 9.25. The summed E-state index contributed by atoms with van der Waals surface area (Å²) in [5, 5.41) is 2.83. The summed E-state index contributed by atoms with van der Waals surface area (Å²) in [6.07, 6.45) is 1.94. The summed E-state index contributed by atoms with van der Waals surface area (Å²) in [6, 6.07) is -0.483. The van der Waals surface area contributed by atoms with Crippen molar-refractivity contribution in [2.24, 2.45) is 11.8 Å². The van der Waals surface area contributed by atoms with Crippen LogP contribution in [0.3, 0.4) is 0 Å². The summed E-state index contributed by atoms with van der Waals surface area (Å²) in [7, 11) is 0. The van der Waals surface area contributed by atoms with Crippen LogP contribution in [0.1, 0.15) is 47.0 Å². The number of amides is 3. The lowest BCUT2D eigenvalue weighted by Crippen LogP contribution is -2.55. The largest absolute Gasteiger partial charge is 0.464 e. The summed E-state index contributed by atoms with van der Waals surface area (Å²) in [5.74, 6) is 0.185. The number of rotatable bonds is 7. The Morgan fingerprint density at radius 2 is 1.80 bits per heavy atom. The molecule has 2 rings (SSSR count). The van der Waals surface area contributed by atoms with Crippen LogP contribution in [-0.2, 0) is 14.3 Å². The Morgan fingerprint density at radius 1 is 1.16 bits per heavy atom. The van der Waals surface area contributed by atoms with Gasteiger partial charge in [-0.25, -0.2) is 4.79 Å². The van der Waals surface area contributed by atoms with Crippen LogP contribution in [0.15, 0.2) is 0 Å². The Kier molecular flexibility index (Phi) is 6.43. The predicted molar refractivity (Wildman–Crippen MR) is 93.9 cm³/mol. The van der Waals surface area contributed by atoms with Crippen LogP contribution in [0, 0.1) is 11.8 Å². The molecule has 0 aromatic carbocycles. The van der Waals surface area contributed by atoms with Gasteiger partial charge in [0.2, 0.25) is 0 Å². The summed E-state index contributed by atoms with van der Waals surface area (Å²) in [5.41, 5.74) is -0.844. The fourth-order valence-corrected chi connectivity index (χ4v) is 3.38.